The summed E-state index contributed by atoms with van der Waals surface area (Å²) in [5, 5.41) is 1.20. The summed E-state index contributed by atoms with van der Waals surface area (Å²) in [6, 6.07) is 65.8. The van der Waals surface area contributed by atoms with Gasteiger partial charge < -0.3 is 14.7 Å². The molecule has 53 heavy (non-hydrogen) atoms. The zero-order valence-corrected chi connectivity index (χ0v) is 29.5. The van der Waals surface area contributed by atoms with Crippen molar-refractivity contribution in [1.82, 2.24) is 4.98 Å². The Labute approximate surface area is 312 Å². The number of hydrogen-bond donors (Lipinski definition) is 0. The summed E-state index contributed by atoms with van der Waals surface area (Å²) in [6.07, 6.45) is 2.04. The third kappa shape index (κ3) is 4.66. The number of benzene rings is 7. The third-order valence-electron chi connectivity index (χ3n) is 10.6. The number of thiophene rings is 1. The molecule has 9 aromatic rings. The standard InChI is InChI=1S/C47H31BN4S/c1-4-16-32(17-5-1)50(36-30-45-47(49-31-36)37-22-10-15-27-44(37)53-45)35-28-42-46-43(29-35)52(34-20-8-3-9-21-34)41-26-14-12-24-39(41)48(46)38-23-11-13-25-40(38)51(42)33-18-6-2-7-19-33/h1-31H. The Kier molecular flexibility index (Phi) is 6.79. The molecule has 7 aromatic carbocycles. The zero-order chi connectivity index (χ0) is 34.9. The molecule has 0 radical (unpaired) electrons. The molecule has 0 N–H and O–H groups in total. The smallest absolute Gasteiger partial charge is 0.252 e. The van der Waals surface area contributed by atoms with Gasteiger partial charge in [0.05, 0.1) is 27.8 Å². The lowest BCUT2D eigenvalue weighted by atomic mass is 9.33. The van der Waals surface area contributed by atoms with E-state index in [1.165, 1.54) is 53.9 Å². The molecule has 4 heterocycles. The Morgan fingerprint density at radius 3 is 1.60 bits per heavy atom. The maximum atomic E-state index is 5.13. The van der Waals surface area contributed by atoms with Gasteiger partial charge in [0.25, 0.3) is 6.71 Å². The van der Waals surface area contributed by atoms with Gasteiger partial charge in [0.1, 0.15) is 0 Å². The van der Waals surface area contributed by atoms with Crippen LogP contribution in [0.2, 0.25) is 0 Å². The van der Waals surface area contributed by atoms with Crippen LogP contribution in [-0.4, -0.2) is 11.7 Å². The molecule has 4 nitrogen and oxygen atoms in total. The molecule has 0 saturated carbocycles. The summed E-state index contributed by atoms with van der Waals surface area (Å²) in [4.78, 5) is 12.4. The number of aromatic nitrogens is 1. The minimum absolute atomic E-state index is 0.0584. The van der Waals surface area contributed by atoms with Crippen LogP contribution in [0.3, 0.4) is 0 Å². The van der Waals surface area contributed by atoms with Gasteiger partial charge in [0.15, 0.2) is 0 Å². The van der Waals surface area contributed by atoms with Crippen LogP contribution in [0.5, 0.6) is 0 Å². The quantitative estimate of drug-likeness (QED) is 0.167. The first-order valence-electron chi connectivity index (χ1n) is 18.0. The maximum absolute atomic E-state index is 5.13. The minimum atomic E-state index is 0.0584. The Morgan fingerprint density at radius 2 is 0.981 bits per heavy atom. The fourth-order valence-electron chi connectivity index (χ4n) is 8.45. The van der Waals surface area contributed by atoms with E-state index in [2.05, 4.69) is 197 Å². The first-order chi connectivity index (χ1) is 26.3. The molecule has 2 aliphatic heterocycles. The summed E-state index contributed by atoms with van der Waals surface area (Å²) < 4.78 is 2.42. The van der Waals surface area contributed by atoms with Crippen molar-refractivity contribution in [2.24, 2.45) is 0 Å². The highest BCUT2D eigenvalue weighted by Gasteiger charge is 2.43. The average Bonchev–Trinajstić information content (AvgIpc) is 3.60. The minimum Gasteiger partial charge on any atom is -0.311 e. The summed E-state index contributed by atoms with van der Waals surface area (Å²) in [5.74, 6) is 0. The second-order valence-electron chi connectivity index (χ2n) is 13.6. The van der Waals surface area contributed by atoms with E-state index in [9.17, 15) is 0 Å². The van der Waals surface area contributed by atoms with Crippen LogP contribution in [0.4, 0.5) is 51.2 Å². The molecule has 0 amide bonds. The second kappa shape index (κ2) is 12.0. The monoisotopic (exact) mass is 694 g/mol. The van der Waals surface area contributed by atoms with Gasteiger partial charge in [-0.05, 0) is 89.2 Å². The Morgan fingerprint density at radius 1 is 0.453 bits per heavy atom. The van der Waals surface area contributed by atoms with Crippen LogP contribution >= 0.6 is 11.3 Å². The van der Waals surface area contributed by atoms with Crippen molar-refractivity contribution >= 4 is 106 Å². The summed E-state index contributed by atoms with van der Waals surface area (Å²) in [7, 11) is 0. The molecule has 248 valence electrons. The average molecular weight is 695 g/mol. The molecule has 6 heteroatoms. The first kappa shape index (κ1) is 30.0. The normalized spacial score (nSPS) is 12.8. The van der Waals surface area contributed by atoms with Crippen molar-refractivity contribution in [3.63, 3.8) is 0 Å². The van der Waals surface area contributed by atoms with Crippen molar-refractivity contribution in [2.45, 2.75) is 0 Å². The zero-order valence-electron chi connectivity index (χ0n) is 28.7. The lowest BCUT2D eigenvalue weighted by Crippen LogP contribution is -2.61. The summed E-state index contributed by atoms with van der Waals surface area (Å²) in [5.41, 5.74) is 15.1. The fourth-order valence-corrected chi connectivity index (χ4v) is 9.55. The van der Waals surface area contributed by atoms with Crippen LogP contribution in [-0.2, 0) is 0 Å². The van der Waals surface area contributed by atoms with Crippen LogP contribution in [0.15, 0.2) is 188 Å². The number of pyridine rings is 1. The van der Waals surface area contributed by atoms with Crippen LogP contribution < -0.4 is 31.1 Å². The molecular formula is C47H31BN4S. The molecule has 0 spiro atoms. The molecule has 2 aliphatic rings. The van der Waals surface area contributed by atoms with E-state index < -0.39 is 0 Å². The highest BCUT2D eigenvalue weighted by molar-refractivity contribution is 7.25. The number of nitrogens with zero attached hydrogens (tertiary/aromatic N) is 4. The van der Waals surface area contributed by atoms with Crippen molar-refractivity contribution in [1.29, 1.82) is 0 Å². The molecule has 0 bridgehead atoms. The molecule has 0 fully saturated rings. The van der Waals surface area contributed by atoms with Crippen LogP contribution in [0.1, 0.15) is 0 Å². The molecule has 11 rings (SSSR count). The van der Waals surface area contributed by atoms with E-state index in [0.717, 1.165) is 34.0 Å². The first-order valence-corrected chi connectivity index (χ1v) is 18.8. The fraction of sp³-hybridized carbons (Fsp3) is 0. The predicted molar refractivity (Wildman–Crippen MR) is 226 cm³/mol. The lowest BCUT2D eigenvalue weighted by Gasteiger charge is -2.44. The molecule has 0 saturated heterocycles. The van der Waals surface area contributed by atoms with Gasteiger partial charge in [-0.25, -0.2) is 0 Å². The van der Waals surface area contributed by atoms with Crippen molar-refractivity contribution in [2.75, 3.05) is 14.7 Å². The molecule has 0 aliphatic carbocycles. The van der Waals surface area contributed by atoms with Gasteiger partial charge in [-0.3, -0.25) is 4.98 Å². The Bertz CT molecular complexity index is 2710. The van der Waals surface area contributed by atoms with Gasteiger partial charge in [-0.15, -0.1) is 11.3 Å². The van der Waals surface area contributed by atoms with Gasteiger partial charge in [0.2, 0.25) is 0 Å². The highest BCUT2D eigenvalue weighted by Crippen LogP contribution is 2.48. The van der Waals surface area contributed by atoms with Crippen molar-refractivity contribution in [3.05, 3.63) is 188 Å². The van der Waals surface area contributed by atoms with E-state index >= 15 is 0 Å². The third-order valence-corrected chi connectivity index (χ3v) is 11.7. The second-order valence-corrected chi connectivity index (χ2v) is 14.7. The number of hydrogen-bond acceptors (Lipinski definition) is 5. The number of rotatable bonds is 5. The van der Waals surface area contributed by atoms with E-state index in [0.29, 0.717) is 0 Å². The van der Waals surface area contributed by atoms with Gasteiger partial charge in [-0.2, -0.15) is 0 Å². The Hall–Kier alpha value is -6.63. The number of fused-ring (bicyclic) bond motifs is 7. The molecular weight excluding hydrogens is 663 g/mol. The van der Waals surface area contributed by atoms with Crippen molar-refractivity contribution < 1.29 is 0 Å². The molecule has 0 unspecified atom stereocenters. The summed E-state index contributed by atoms with van der Waals surface area (Å²) in [6.45, 7) is 0.0584. The van der Waals surface area contributed by atoms with Gasteiger partial charge in [-0.1, -0.05) is 109 Å². The highest BCUT2D eigenvalue weighted by atomic mass is 32.1. The van der Waals surface area contributed by atoms with Gasteiger partial charge >= 0.3 is 0 Å². The van der Waals surface area contributed by atoms with E-state index in [-0.39, 0.29) is 6.71 Å². The SMILES string of the molecule is c1ccc(N(c2cc3c4c(c2)N(c2ccccc2)c2ccccc2B4c2ccccc2N3c2ccccc2)c2cnc3c(c2)sc2ccccc23)cc1. The predicted octanol–water partition coefficient (Wildman–Crippen LogP) is 11.0. The van der Waals surface area contributed by atoms with Crippen LogP contribution in [0, 0.1) is 0 Å². The van der Waals surface area contributed by atoms with Gasteiger partial charge in [0, 0.05) is 49.9 Å². The number of para-hydroxylation sites is 5. The van der Waals surface area contributed by atoms with E-state index in [4.69, 9.17) is 4.98 Å². The Balaban J connectivity index is 1.24. The summed E-state index contributed by atoms with van der Waals surface area (Å²) >= 11 is 1.80. The lowest BCUT2D eigenvalue weighted by molar-refractivity contribution is 1.22. The maximum Gasteiger partial charge on any atom is 0.252 e. The van der Waals surface area contributed by atoms with E-state index in [1.807, 2.05) is 6.20 Å². The van der Waals surface area contributed by atoms with E-state index in [1.54, 1.807) is 11.3 Å². The number of anilines is 9. The molecule has 2 aromatic heterocycles. The largest absolute Gasteiger partial charge is 0.311 e. The van der Waals surface area contributed by atoms with Crippen molar-refractivity contribution in [3.8, 4) is 0 Å². The van der Waals surface area contributed by atoms with Crippen LogP contribution in [0.25, 0.3) is 20.3 Å². The topological polar surface area (TPSA) is 22.6 Å². The molecule has 0 atom stereocenters.